The monoisotopic (exact) mass is 255 g/mol. The molecule has 0 saturated heterocycles. The Balaban J connectivity index is 2.24. The summed E-state index contributed by atoms with van der Waals surface area (Å²) in [6, 6.07) is 15.5. The van der Waals surface area contributed by atoms with Crippen molar-refractivity contribution in [1.29, 1.82) is 0 Å². The van der Waals surface area contributed by atoms with Gasteiger partial charge < -0.3 is 4.90 Å². The van der Waals surface area contributed by atoms with Crippen LogP contribution in [0.2, 0.25) is 0 Å². The molecule has 0 saturated carbocycles. The highest BCUT2D eigenvalue weighted by molar-refractivity contribution is 7.25. The molecule has 2 aromatic carbocycles. The van der Waals surface area contributed by atoms with E-state index in [1.54, 1.807) is 0 Å². The number of anilines is 1. The van der Waals surface area contributed by atoms with Crippen molar-refractivity contribution in [3.63, 3.8) is 0 Å². The van der Waals surface area contributed by atoms with Crippen LogP contribution in [0, 0.1) is 0 Å². The summed E-state index contributed by atoms with van der Waals surface area (Å²) >= 11 is 1.88. The lowest BCUT2D eigenvalue weighted by molar-refractivity contribution is 0.867. The van der Waals surface area contributed by atoms with Gasteiger partial charge in [0.1, 0.15) is 0 Å². The highest BCUT2D eigenvalue weighted by atomic mass is 32.1. The molecule has 18 heavy (non-hydrogen) atoms. The third-order valence-electron chi connectivity index (χ3n) is 3.49. The van der Waals surface area contributed by atoms with Gasteiger partial charge in [-0.2, -0.15) is 0 Å². The molecule has 0 aliphatic carbocycles. The first-order valence-corrected chi connectivity index (χ1v) is 7.31. The lowest BCUT2D eigenvalue weighted by atomic mass is 10.1. The Morgan fingerprint density at radius 3 is 2.39 bits per heavy atom. The standard InChI is InChI=1S/C16H17NS/c1-3-17(4-2)12-9-10-16-14(11-12)13-7-5-6-8-15(13)18-16/h5-11H,3-4H2,1-2H3. The van der Waals surface area contributed by atoms with Gasteiger partial charge in [0.2, 0.25) is 0 Å². The van der Waals surface area contributed by atoms with E-state index in [9.17, 15) is 0 Å². The van der Waals surface area contributed by atoms with Crippen molar-refractivity contribution in [3.8, 4) is 0 Å². The largest absolute Gasteiger partial charge is 0.372 e. The molecular weight excluding hydrogens is 238 g/mol. The number of rotatable bonds is 3. The van der Waals surface area contributed by atoms with Gasteiger partial charge in [0.05, 0.1) is 0 Å². The number of hydrogen-bond acceptors (Lipinski definition) is 2. The number of hydrogen-bond donors (Lipinski definition) is 0. The number of thiophene rings is 1. The molecule has 0 unspecified atom stereocenters. The first-order valence-electron chi connectivity index (χ1n) is 6.49. The number of fused-ring (bicyclic) bond motifs is 3. The zero-order valence-electron chi connectivity index (χ0n) is 10.8. The van der Waals surface area contributed by atoms with Crippen molar-refractivity contribution in [1.82, 2.24) is 0 Å². The maximum atomic E-state index is 2.39. The maximum absolute atomic E-state index is 2.39. The van der Waals surface area contributed by atoms with E-state index < -0.39 is 0 Å². The Labute approximate surface area is 112 Å². The SMILES string of the molecule is CCN(CC)c1ccc2sc3ccccc3c2c1. The maximum Gasteiger partial charge on any atom is 0.0373 e. The zero-order valence-corrected chi connectivity index (χ0v) is 11.6. The summed E-state index contributed by atoms with van der Waals surface area (Å²) in [5, 5.41) is 2.77. The van der Waals surface area contributed by atoms with E-state index >= 15 is 0 Å². The highest BCUT2D eigenvalue weighted by Crippen LogP contribution is 2.35. The van der Waals surface area contributed by atoms with Crippen LogP contribution >= 0.6 is 11.3 Å². The predicted octanol–water partition coefficient (Wildman–Crippen LogP) is 4.90. The Hall–Kier alpha value is -1.54. The van der Waals surface area contributed by atoms with E-state index in [1.165, 1.54) is 25.9 Å². The van der Waals surface area contributed by atoms with Crippen LogP contribution in [0.25, 0.3) is 20.2 Å². The van der Waals surface area contributed by atoms with E-state index in [-0.39, 0.29) is 0 Å². The van der Waals surface area contributed by atoms with E-state index in [1.807, 2.05) is 11.3 Å². The highest BCUT2D eigenvalue weighted by Gasteiger charge is 2.07. The van der Waals surface area contributed by atoms with Crippen LogP contribution < -0.4 is 4.90 Å². The molecule has 0 bridgehead atoms. The molecule has 2 heteroatoms. The van der Waals surface area contributed by atoms with Crippen LogP contribution in [0.5, 0.6) is 0 Å². The molecule has 0 fully saturated rings. The summed E-state index contributed by atoms with van der Waals surface area (Å²) in [7, 11) is 0. The molecule has 1 aromatic heterocycles. The molecule has 92 valence electrons. The fourth-order valence-corrected chi connectivity index (χ4v) is 3.59. The predicted molar refractivity (Wildman–Crippen MR) is 82.9 cm³/mol. The molecular formula is C16H17NS. The Morgan fingerprint density at radius 2 is 1.61 bits per heavy atom. The molecule has 0 atom stereocenters. The van der Waals surface area contributed by atoms with Gasteiger partial charge in [0.15, 0.2) is 0 Å². The topological polar surface area (TPSA) is 3.24 Å². The van der Waals surface area contributed by atoms with Crippen LogP contribution in [0.1, 0.15) is 13.8 Å². The Kier molecular flexibility index (Phi) is 2.96. The second kappa shape index (κ2) is 4.62. The quantitative estimate of drug-likeness (QED) is 0.643. The van der Waals surface area contributed by atoms with Gasteiger partial charge in [-0.25, -0.2) is 0 Å². The molecule has 1 heterocycles. The van der Waals surface area contributed by atoms with Gasteiger partial charge in [-0.05, 0) is 38.1 Å². The number of nitrogens with zero attached hydrogens (tertiary/aromatic N) is 1. The molecule has 3 aromatic rings. The molecule has 1 nitrogen and oxygen atoms in total. The van der Waals surface area contributed by atoms with Crippen molar-refractivity contribution in [2.45, 2.75) is 13.8 Å². The third kappa shape index (κ3) is 1.77. The van der Waals surface area contributed by atoms with E-state index in [4.69, 9.17) is 0 Å². The molecule has 0 radical (unpaired) electrons. The van der Waals surface area contributed by atoms with Crippen LogP contribution in [0.15, 0.2) is 42.5 Å². The molecule has 0 aliphatic rings. The zero-order chi connectivity index (χ0) is 12.5. The lowest BCUT2D eigenvalue weighted by Gasteiger charge is -2.20. The Morgan fingerprint density at radius 1 is 0.889 bits per heavy atom. The van der Waals surface area contributed by atoms with Gasteiger partial charge in [-0.15, -0.1) is 11.3 Å². The van der Waals surface area contributed by atoms with Gasteiger partial charge >= 0.3 is 0 Å². The van der Waals surface area contributed by atoms with Gasteiger partial charge in [-0.3, -0.25) is 0 Å². The minimum Gasteiger partial charge on any atom is -0.372 e. The number of benzene rings is 2. The van der Waals surface area contributed by atoms with Crippen molar-refractivity contribution >= 4 is 37.2 Å². The second-order valence-electron chi connectivity index (χ2n) is 4.45. The van der Waals surface area contributed by atoms with Crippen molar-refractivity contribution in [2.75, 3.05) is 18.0 Å². The summed E-state index contributed by atoms with van der Waals surface area (Å²) in [6.07, 6.45) is 0. The molecule has 0 N–H and O–H groups in total. The lowest BCUT2D eigenvalue weighted by Crippen LogP contribution is -2.21. The van der Waals surface area contributed by atoms with Crippen LogP contribution in [-0.4, -0.2) is 13.1 Å². The van der Waals surface area contributed by atoms with Crippen molar-refractivity contribution < 1.29 is 0 Å². The normalized spacial score (nSPS) is 11.2. The molecule has 0 amide bonds. The van der Waals surface area contributed by atoms with Gasteiger partial charge in [-0.1, -0.05) is 18.2 Å². The second-order valence-corrected chi connectivity index (χ2v) is 5.53. The third-order valence-corrected chi connectivity index (χ3v) is 4.64. The van der Waals surface area contributed by atoms with E-state index in [2.05, 4.69) is 61.2 Å². The van der Waals surface area contributed by atoms with Crippen molar-refractivity contribution in [2.24, 2.45) is 0 Å². The molecule has 0 spiro atoms. The first-order chi connectivity index (χ1) is 8.83. The molecule has 0 aliphatic heterocycles. The first kappa shape index (κ1) is 11.5. The van der Waals surface area contributed by atoms with E-state index in [0.717, 1.165) is 13.1 Å². The minimum absolute atomic E-state index is 1.06. The van der Waals surface area contributed by atoms with E-state index in [0.29, 0.717) is 0 Å². The average molecular weight is 255 g/mol. The van der Waals surface area contributed by atoms with Crippen LogP contribution in [0.4, 0.5) is 5.69 Å². The van der Waals surface area contributed by atoms with Crippen LogP contribution in [-0.2, 0) is 0 Å². The average Bonchev–Trinajstić information content (AvgIpc) is 2.78. The smallest absolute Gasteiger partial charge is 0.0373 e. The minimum atomic E-state index is 1.06. The van der Waals surface area contributed by atoms with Gasteiger partial charge in [0.25, 0.3) is 0 Å². The fourth-order valence-electron chi connectivity index (χ4n) is 2.50. The summed E-state index contributed by atoms with van der Waals surface area (Å²) < 4.78 is 2.76. The van der Waals surface area contributed by atoms with Crippen LogP contribution in [0.3, 0.4) is 0 Å². The molecule has 3 rings (SSSR count). The van der Waals surface area contributed by atoms with Crippen molar-refractivity contribution in [3.05, 3.63) is 42.5 Å². The summed E-state index contributed by atoms with van der Waals surface area (Å²) in [6.45, 7) is 6.53. The van der Waals surface area contributed by atoms with Gasteiger partial charge in [0, 0.05) is 38.9 Å². The summed E-state index contributed by atoms with van der Waals surface area (Å²) in [5.74, 6) is 0. The summed E-state index contributed by atoms with van der Waals surface area (Å²) in [5.41, 5.74) is 1.33. The summed E-state index contributed by atoms with van der Waals surface area (Å²) in [4.78, 5) is 2.39. The fraction of sp³-hybridized carbons (Fsp3) is 0.250. The Bertz CT molecular complexity index is 680.